The number of benzene rings is 1. The third kappa shape index (κ3) is 8.99. The Bertz CT molecular complexity index is 734. The van der Waals surface area contributed by atoms with E-state index in [-0.39, 0.29) is 30.8 Å². The van der Waals surface area contributed by atoms with Crippen LogP contribution in [0.5, 0.6) is 0 Å². The number of ether oxygens (including phenoxy) is 2. The summed E-state index contributed by atoms with van der Waals surface area (Å²) in [4.78, 5) is 36.3. The van der Waals surface area contributed by atoms with Gasteiger partial charge in [-0.1, -0.05) is 49.6 Å². The number of hydrogen-bond acceptors (Lipinski definition) is 5. The molecule has 1 aliphatic carbocycles. The Morgan fingerprint density at radius 2 is 1.74 bits per heavy atom. The molecule has 31 heavy (non-hydrogen) atoms. The largest absolute Gasteiger partial charge is 0.480 e. The van der Waals surface area contributed by atoms with Crippen LogP contribution >= 0.6 is 0 Å². The van der Waals surface area contributed by atoms with Gasteiger partial charge in [0.2, 0.25) is 0 Å². The molecule has 0 bridgehead atoms. The second-order valence-corrected chi connectivity index (χ2v) is 9.46. The fourth-order valence-electron chi connectivity index (χ4n) is 4.07. The van der Waals surface area contributed by atoms with Crippen LogP contribution in [0.3, 0.4) is 0 Å². The number of carboxylic acid groups (broad SMARTS) is 1. The topological polar surface area (TPSA) is 102 Å². The Labute approximate surface area is 184 Å². The summed E-state index contributed by atoms with van der Waals surface area (Å²) in [6, 6.07) is 8.46. The molecule has 1 saturated carbocycles. The summed E-state index contributed by atoms with van der Waals surface area (Å²) in [7, 11) is 0. The van der Waals surface area contributed by atoms with Gasteiger partial charge in [0.1, 0.15) is 18.2 Å². The fourth-order valence-corrected chi connectivity index (χ4v) is 4.07. The van der Waals surface area contributed by atoms with Crippen LogP contribution in [0.25, 0.3) is 0 Å². The maximum absolute atomic E-state index is 12.6. The first-order valence-electron chi connectivity index (χ1n) is 11.0. The highest BCUT2D eigenvalue weighted by Crippen LogP contribution is 2.43. The molecule has 2 N–H and O–H groups in total. The van der Waals surface area contributed by atoms with Gasteiger partial charge in [-0.05, 0) is 57.4 Å². The number of carbonyl (C=O) groups is 3. The standard InChI is InChI=1S/C24H35NO6/c1-23(2,3)31-22(29)25-19(21(27)28)12-15-24(13-8-5-9-14-24)16-20(26)30-17-18-10-6-4-7-11-18/h4,6-7,10-11,19H,5,8-9,12-17H2,1-3H3,(H,25,29)(H,27,28). The summed E-state index contributed by atoms with van der Waals surface area (Å²) in [6.07, 6.45) is 5.10. The number of aliphatic carboxylic acids is 1. The molecule has 0 heterocycles. The predicted octanol–water partition coefficient (Wildman–Crippen LogP) is 4.83. The first kappa shape index (κ1) is 24.7. The van der Waals surface area contributed by atoms with Crippen LogP contribution in [-0.4, -0.2) is 34.8 Å². The molecule has 172 valence electrons. The summed E-state index contributed by atoms with van der Waals surface area (Å²) >= 11 is 0. The molecule has 0 spiro atoms. The summed E-state index contributed by atoms with van der Waals surface area (Å²) in [5, 5.41) is 12.0. The summed E-state index contributed by atoms with van der Waals surface area (Å²) in [5.41, 5.74) is -0.0729. The summed E-state index contributed by atoms with van der Waals surface area (Å²) < 4.78 is 10.7. The van der Waals surface area contributed by atoms with Crippen molar-refractivity contribution in [3.63, 3.8) is 0 Å². The molecule has 1 amide bonds. The number of hydrogen-bond donors (Lipinski definition) is 2. The van der Waals surface area contributed by atoms with Gasteiger partial charge in [0, 0.05) is 0 Å². The number of rotatable bonds is 9. The van der Waals surface area contributed by atoms with Crippen molar-refractivity contribution >= 4 is 18.0 Å². The normalized spacial score (nSPS) is 16.7. The van der Waals surface area contributed by atoms with Crippen LogP contribution in [0.4, 0.5) is 4.79 Å². The number of carbonyl (C=O) groups excluding carboxylic acids is 2. The second kappa shape index (κ2) is 11.2. The third-order valence-corrected chi connectivity index (χ3v) is 5.63. The van der Waals surface area contributed by atoms with Gasteiger partial charge >= 0.3 is 18.0 Å². The lowest BCUT2D eigenvalue weighted by Crippen LogP contribution is -2.44. The van der Waals surface area contributed by atoms with Gasteiger partial charge in [-0.15, -0.1) is 0 Å². The van der Waals surface area contributed by atoms with Crippen molar-refractivity contribution in [2.45, 2.75) is 90.4 Å². The number of nitrogens with one attached hydrogen (secondary N) is 1. The van der Waals surface area contributed by atoms with E-state index in [1.54, 1.807) is 20.8 Å². The molecular formula is C24H35NO6. The Morgan fingerprint density at radius 1 is 1.10 bits per heavy atom. The highest BCUT2D eigenvalue weighted by Gasteiger charge is 2.36. The molecule has 1 unspecified atom stereocenters. The van der Waals surface area contributed by atoms with Crippen molar-refractivity contribution in [1.29, 1.82) is 0 Å². The van der Waals surface area contributed by atoms with Crippen LogP contribution in [0.1, 0.15) is 77.7 Å². The summed E-state index contributed by atoms with van der Waals surface area (Å²) in [6.45, 7) is 5.40. The smallest absolute Gasteiger partial charge is 0.408 e. The average molecular weight is 434 g/mol. The molecule has 1 atom stereocenters. The minimum absolute atomic E-state index is 0.230. The molecule has 7 nitrogen and oxygen atoms in total. The van der Waals surface area contributed by atoms with E-state index in [4.69, 9.17) is 9.47 Å². The zero-order chi connectivity index (χ0) is 22.9. The number of alkyl carbamates (subject to hydrolysis) is 1. The van der Waals surface area contributed by atoms with Crippen molar-refractivity contribution in [3.8, 4) is 0 Å². The van der Waals surface area contributed by atoms with Crippen LogP contribution in [0, 0.1) is 5.41 Å². The zero-order valence-electron chi connectivity index (χ0n) is 18.8. The number of esters is 1. The molecule has 0 radical (unpaired) electrons. The van der Waals surface area contributed by atoms with E-state index in [2.05, 4.69) is 5.32 Å². The van der Waals surface area contributed by atoms with Crippen molar-refractivity contribution < 1.29 is 29.0 Å². The molecule has 7 heteroatoms. The van der Waals surface area contributed by atoms with E-state index in [1.165, 1.54) is 0 Å². The number of carboxylic acids is 1. The summed E-state index contributed by atoms with van der Waals surface area (Å²) in [5.74, 6) is -1.37. The first-order valence-corrected chi connectivity index (χ1v) is 11.0. The van der Waals surface area contributed by atoms with E-state index in [9.17, 15) is 19.5 Å². The van der Waals surface area contributed by atoms with Gasteiger partial charge in [0.25, 0.3) is 0 Å². The van der Waals surface area contributed by atoms with Gasteiger partial charge in [0.15, 0.2) is 0 Å². The van der Waals surface area contributed by atoms with E-state index < -0.39 is 23.7 Å². The molecule has 2 rings (SSSR count). The van der Waals surface area contributed by atoms with Crippen molar-refractivity contribution in [2.24, 2.45) is 5.41 Å². The lowest BCUT2D eigenvalue weighted by atomic mass is 9.68. The van der Waals surface area contributed by atoms with Gasteiger partial charge in [-0.25, -0.2) is 9.59 Å². The van der Waals surface area contributed by atoms with Gasteiger partial charge in [-0.2, -0.15) is 0 Å². The Hall–Kier alpha value is -2.57. The lowest BCUT2D eigenvalue weighted by molar-refractivity contribution is -0.148. The molecule has 0 saturated heterocycles. The fraction of sp³-hybridized carbons (Fsp3) is 0.625. The molecule has 0 aromatic heterocycles. The maximum atomic E-state index is 12.6. The quantitative estimate of drug-likeness (QED) is 0.541. The van der Waals surface area contributed by atoms with Crippen molar-refractivity contribution in [2.75, 3.05) is 0 Å². The van der Waals surface area contributed by atoms with E-state index in [0.717, 1.165) is 37.7 Å². The minimum Gasteiger partial charge on any atom is -0.480 e. The molecule has 1 aliphatic rings. The monoisotopic (exact) mass is 433 g/mol. The molecular weight excluding hydrogens is 398 g/mol. The second-order valence-electron chi connectivity index (χ2n) is 9.46. The van der Waals surface area contributed by atoms with Crippen LogP contribution in [-0.2, 0) is 25.7 Å². The molecule has 0 aliphatic heterocycles. The van der Waals surface area contributed by atoms with Gasteiger partial charge in [-0.3, -0.25) is 4.79 Å². The lowest BCUT2D eigenvalue weighted by Gasteiger charge is -2.37. The molecule has 1 aromatic carbocycles. The van der Waals surface area contributed by atoms with Gasteiger partial charge in [0.05, 0.1) is 6.42 Å². The van der Waals surface area contributed by atoms with Crippen LogP contribution in [0.2, 0.25) is 0 Å². The van der Waals surface area contributed by atoms with E-state index in [1.807, 2.05) is 30.3 Å². The van der Waals surface area contributed by atoms with Crippen molar-refractivity contribution in [1.82, 2.24) is 5.32 Å². The number of amides is 1. The highest BCUT2D eigenvalue weighted by molar-refractivity contribution is 5.80. The SMILES string of the molecule is CC(C)(C)OC(=O)NC(CCC1(CC(=O)OCc2ccccc2)CCCCC1)C(=O)O. The minimum atomic E-state index is -1.11. The zero-order valence-corrected chi connectivity index (χ0v) is 18.8. The van der Waals surface area contributed by atoms with Crippen LogP contribution < -0.4 is 5.32 Å². The maximum Gasteiger partial charge on any atom is 0.408 e. The third-order valence-electron chi connectivity index (χ3n) is 5.63. The molecule has 1 fully saturated rings. The van der Waals surface area contributed by atoms with Gasteiger partial charge < -0.3 is 19.9 Å². The van der Waals surface area contributed by atoms with Crippen molar-refractivity contribution in [3.05, 3.63) is 35.9 Å². The Morgan fingerprint density at radius 3 is 2.32 bits per heavy atom. The predicted molar refractivity (Wildman–Crippen MR) is 116 cm³/mol. The highest BCUT2D eigenvalue weighted by atomic mass is 16.6. The van der Waals surface area contributed by atoms with E-state index >= 15 is 0 Å². The van der Waals surface area contributed by atoms with E-state index in [0.29, 0.717) is 6.42 Å². The Kier molecular flexibility index (Phi) is 8.89. The Balaban J connectivity index is 1.95. The molecule has 1 aromatic rings. The average Bonchev–Trinajstić information content (AvgIpc) is 2.69. The van der Waals surface area contributed by atoms with Crippen LogP contribution in [0.15, 0.2) is 30.3 Å². The first-order chi connectivity index (χ1) is 14.6.